The molecule has 2 N–H and O–H groups in total. The van der Waals surface area contributed by atoms with Gasteiger partial charge in [-0.3, -0.25) is 9.59 Å². The summed E-state index contributed by atoms with van der Waals surface area (Å²) in [5, 5.41) is 0. The van der Waals surface area contributed by atoms with Crippen LogP contribution in [0.3, 0.4) is 0 Å². The zero-order chi connectivity index (χ0) is 20.7. The summed E-state index contributed by atoms with van der Waals surface area (Å²) in [4.78, 5) is 24.1. The smallest absolute Gasteiger partial charge is 0.248 e. The van der Waals surface area contributed by atoms with E-state index in [9.17, 15) is 22.8 Å². The highest BCUT2D eigenvalue weighted by atomic mass is 19.1. The fourth-order valence-corrected chi connectivity index (χ4v) is 3.29. The molecule has 0 bridgehead atoms. The monoisotopic (exact) mass is 394 g/mol. The van der Waals surface area contributed by atoms with Gasteiger partial charge in [-0.05, 0) is 42.5 Å². The molecule has 7 heteroatoms. The van der Waals surface area contributed by atoms with Crippen molar-refractivity contribution in [2.45, 2.75) is 0 Å². The van der Waals surface area contributed by atoms with Crippen LogP contribution in [0.15, 0.2) is 71.7 Å². The Bertz CT molecular complexity index is 1350. The molecule has 144 valence electrons. The summed E-state index contributed by atoms with van der Waals surface area (Å²) in [6.07, 6.45) is 1.43. The molecular formula is C22H13F3N2O2. The first-order valence-electron chi connectivity index (χ1n) is 8.56. The van der Waals surface area contributed by atoms with Gasteiger partial charge in [-0.2, -0.15) is 0 Å². The predicted molar refractivity (Wildman–Crippen MR) is 103 cm³/mol. The number of halogens is 3. The summed E-state index contributed by atoms with van der Waals surface area (Å²) in [5.41, 5.74) is 5.48. The van der Waals surface area contributed by atoms with Crippen molar-refractivity contribution in [3.63, 3.8) is 0 Å². The molecule has 0 aliphatic heterocycles. The Balaban J connectivity index is 2.06. The minimum absolute atomic E-state index is 0.00234. The molecule has 0 spiro atoms. The van der Waals surface area contributed by atoms with E-state index in [0.717, 1.165) is 18.2 Å². The second-order valence-corrected chi connectivity index (χ2v) is 6.40. The normalized spacial score (nSPS) is 11.0. The topological polar surface area (TPSA) is 64.6 Å². The molecule has 0 atom stereocenters. The molecular weight excluding hydrogens is 381 g/mol. The average molecular weight is 394 g/mol. The van der Waals surface area contributed by atoms with E-state index < -0.39 is 28.8 Å². The maximum atomic E-state index is 14.6. The van der Waals surface area contributed by atoms with Crippen LogP contribution in [-0.2, 0) is 0 Å². The molecule has 4 nitrogen and oxygen atoms in total. The number of carbonyl (C=O) groups is 1. The molecule has 29 heavy (non-hydrogen) atoms. The number of primary amides is 1. The molecule has 0 aliphatic carbocycles. The zero-order valence-corrected chi connectivity index (χ0v) is 14.8. The SMILES string of the molecule is NC(=O)c1ccc(F)c(-c2c(=O)ccn3c(-c4ccc(F)cc4F)cccc23)c1. The van der Waals surface area contributed by atoms with Crippen LogP contribution in [0.1, 0.15) is 10.4 Å². The molecule has 0 aliphatic rings. The second kappa shape index (κ2) is 6.94. The lowest BCUT2D eigenvalue weighted by Crippen LogP contribution is -2.13. The van der Waals surface area contributed by atoms with Gasteiger partial charge in [-0.25, -0.2) is 13.2 Å². The molecule has 1 amide bonds. The van der Waals surface area contributed by atoms with Crippen molar-refractivity contribution in [1.29, 1.82) is 0 Å². The Morgan fingerprint density at radius 1 is 0.862 bits per heavy atom. The van der Waals surface area contributed by atoms with E-state index in [1.54, 1.807) is 18.2 Å². The number of benzene rings is 2. The van der Waals surface area contributed by atoms with Crippen molar-refractivity contribution in [2.24, 2.45) is 5.73 Å². The standard InChI is InChI=1S/C22H13F3N2O2/c23-13-5-6-14(17(25)11-13)18-2-1-3-19-21(20(28)8-9-27(18)19)15-10-12(22(26)29)4-7-16(15)24/h1-11H,(H2,26,29). The van der Waals surface area contributed by atoms with Crippen molar-refractivity contribution < 1.29 is 18.0 Å². The van der Waals surface area contributed by atoms with Crippen molar-refractivity contribution in [2.75, 3.05) is 0 Å². The van der Waals surface area contributed by atoms with Crippen LogP contribution in [0, 0.1) is 17.5 Å². The molecule has 0 radical (unpaired) electrons. The summed E-state index contributed by atoms with van der Waals surface area (Å²) in [6.45, 7) is 0. The van der Waals surface area contributed by atoms with E-state index in [0.29, 0.717) is 11.2 Å². The number of rotatable bonds is 3. The first-order valence-corrected chi connectivity index (χ1v) is 8.56. The van der Waals surface area contributed by atoms with Gasteiger partial charge < -0.3 is 10.1 Å². The third-order valence-corrected chi connectivity index (χ3v) is 4.63. The van der Waals surface area contributed by atoms with E-state index in [4.69, 9.17) is 5.73 Å². The summed E-state index contributed by atoms with van der Waals surface area (Å²) in [5.74, 6) is -2.97. The van der Waals surface area contributed by atoms with Crippen LogP contribution >= 0.6 is 0 Å². The van der Waals surface area contributed by atoms with Crippen LogP contribution in [0.2, 0.25) is 0 Å². The zero-order valence-electron chi connectivity index (χ0n) is 14.8. The van der Waals surface area contributed by atoms with Gasteiger partial charge >= 0.3 is 0 Å². The number of hydrogen-bond donors (Lipinski definition) is 1. The number of carbonyl (C=O) groups excluding carboxylic acids is 1. The Labute approximate surface area is 162 Å². The Kier molecular flexibility index (Phi) is 4.43. The lowest BCUT2D eigenvalue weighted by atomic mass is 10.00. The van der Waals surface area contributed by atoms with Gasteiger partial charge in [0.2, 0.25) is 5.91 Å². The van der Waals surface area contributed by atoms with E-state index in [1.165, 1.54) is 34.9 Å². The van der Waals surface area contributed by atoms with Gasteiger partial charge in [-0.1, -0.05) is 6.07 Å². The Morgan fingerprint density at radius 2 is 1.66 bits per heavy atom. The number of nitrogens with two attached hydrogens (primary N) is 1. The molecule has 0 unspecified atom stereocenters. The second-order valence-electron chi connectivity index (χ2n) is 6.40. The minimum atomic E-state index is -0.778. The molecule has 4 aromatic rings. The average Bonchev–Trinajstić information content (AvgIpc) is 2.68. The van der Waals surface area contributed by atoms with Gasteiger partial charge in [0.05, 0.1) is 16.8 Å². The third-order valence-electron chi connectivity index (χ3n) is 4.63. The van der Waals surface area contributed by atoms with Crippen molar-refractivity contribution in [1.82, 2.24) is 4.40 Å². The van der Waals surface area contributed by atoms with Gasteiger partial charge in [0.15, 0.2) is 5.43 Å². The largest absolute Gasteiger partial charge is 0.366 e. The fraction of sp³-hybridized carbons (Fsp3) is 0. The maximum Gasteiger partial charge on any atom is 0.248 e. The summed E-state index contributed by atoms with van der Waals surface area (Å²) >= 11 is 0. The number of amides is 1. The van der Waals surface area contributed by atoms with Crippen LogP contribution in [0.25, 0.3) is 27.9 Å². The Morgan fingerprint density at radius 3 is 2.38 bits per heavy atom. The number of nitrogens with zero attached hydrogens (tertiary/aromatic N) is 1. The van der Waals surface area contributed by atoms with Gasteiger partial charge in [0.25, 0.3) is 0 Å². The quantitative estimate of drug-likeness (QED) is 0.567. The Hall–Kier alpha value is -3.87. The van der Waals surface area contributed by atoms with E-state index >= 15 is 0 Å². The van der Waals surface area contributed by atoms with Gasteiger partial charge in [0, 0.05) is 35.0 Å². The number of pyridine rings is 2. The molecule has 0 saturated carbocycles. The highest BCUT2D eigenvalue weighted by Gasteiger charge is 2.17. The fourth-order valence-electron chi connectivity index (χ4n) is 3.29. The first-order chi connectivity index (χ1) is 13.9. The van der Waals surface area contributed by atoms with E-state index in [2.05, 4.69) is 0 Å². The van der Waals surface area contributed by atoms with Crippen molar-refractivity contribution in [3.05, 3.63) is 100 Å². The molecule has 2 aromatic heterocycles. The number of hydrogen-bond acceptors (Lipinski definition) is 2. The van der Waals surface area contributed by atoms with Crippen LogP contribution in [0.4, 0.5) is 13.2 Å². The summed E-state index contributed by atoms with van der Waals surface area (Å²) in [6, 6.07) is 12.6. The summed E-state index contributed by atoms with van der Waals surface area (Å²) in [7, 11) is 0. The van der Waals surface area contributed by atoms with Crippen LogP contribution in [0.5, 0.6) is 0 Å². The minimum Gasteiger partial charge on any atom is -0.366 e. The predicted octanol–water partition coefficient (Wildman–Crippen LogP) is 4.15. The lowest BCUT2D eigenvalue weighted by molar-refractivity contribution is 0.100. The number of fused-ring (bicyclic) bond motifs is 1. The highest BCUT2D eigenvalue weighted by molar-refractivity contribution is 5.95. The van der Waals surface area contributed by atoms with E-state index in [1.807, 2.05) is 0 Å². The third kappa shape index (κ3) is 3.16. The van der Waals surface area contributed by atoms with Crippen molar-refractivity contribution in [3.8, 4) is 22.4 Å². The van der Waals surface area contributed by atoms with E-state index in [-0.39, 0.29) is 22.3 Å². The van der Waals surface area contributed by atoms with Gasteiger partial charge in [0.1, 0.15) is 17.5 Å². The first kappa shape index (κ1) is 18.5. The molecule has 2 aromatic carbocycles. The number of aromatic nitrogens is 1. The molecule has 4 rings (SSSR count). The van der Waals surface area contributed by atoms with Crippen LogP contribution < -0.4 is 11.2 Å². The molecule has 2 heterocycles. The lowest BCUT2D eigenvalue weighted by Gasteiger charge is -2.14. The molecule has 0 saturated heterocycles. The summed E-state index contributed by atoms with van der Waals surface area (Å²) < 4.78 is 43.7. The van der Waals surface area contributed by atoms with Crippen molar-refractivity contribution >= 4 is 11.4 Å². The molecule has 0 fully saturated rings. The van der Waals surface area contributed by atoms with Gasteiger partial charge in [-0.15, -0.1) is 0 Å². The maximum absolute atomic E-state index is 14.6. The van der Waals surface area contributed by atoms with Crippen LogP contribution in [-0.4, -0.2) is 10.3 Å². The highest BCUT2D eigenvalue weighted by Crippen LogP contribution is 2.29.